The zero-order valence-corrected chi connectivity index (χ0v) is 25.6. The summed E-state index contributed by atoms with van der Waals surface area (Å²) < 4.78 is 4.85. The van der Waals surface area contributed by atoms with Crippen LogP contribution in [0, 0.1) is 0 Å². The second kappa shape index (κ2) is 31.3. The molecule has 0 aromatic rings. The molecule has 0 unspecified atom stereocenters. The molecule has 0 radical (unpaired) electrons. The summed E-state index contributed by atoms with van der Waals surface area (Å²) in [5, 5.41) is 20.8. The van der Waals surface area contributed by atoms with Gasteiger partial charge in [-0.15, -0.1) is 0 Å². The highest BCUT2D eigenvalue weighted by atomic mass is 16.5. The van der Waals surface area contributed by atoms with Crippen LogP contribution in [0.3, 0.4) is 0 Å². The minimum Gasteiger partial charge on any atom is -0.462 e. The monoisotopic (exact) mass is 556 g/mol. The van der Waals surface area contributed by atoms with Crippen molar-refractivity contribution in [3.8, 4) is 0 Å². The molecule has 0 saturated heterocycles. The van der Waals surface area contributed by atoms with Crippen molar-refractivity contribution in [1.29, 1.82) is 0 Å². The molecule has 0 saturated carbocycles. The Hall–Kier alpha value is -1.18. The second-order valence-corrected chi connectivity index (χ2v) is 11.1. The molecular formula is C32H64N2O5. The van der Waals surface area contributed by atoms with Crippen molar-refractivity contribution in [3.05, 3.63) is 0 Å². The van der Waals surface area contributed by atoms with Crippen molar-refractivity contribution in [2.45, 2.75) is 148 Å². The van der Waals surface area contributed by atoms with Gasteiger partial charge in [-0.25, -0.2) is 0 Å². The number of hydrogen-bond acceptors (Lipinski definition) is 6. The van der Waals surface area contributed by atoms with E-state index < -0.39 is 5.97 Å². The summed E-state index contributed by atoms with van der Waals surface area (Å²) >= 11 is 0. The fraction of sp³-hybridized carbons (Fsp3) is 0.938. The Kier molecular flexibility index (Phi) is 30.4. The van der Waals surface area contributed by atoms with Crippen molar-refractivity contribution >= 4 is 11.9 Å². The van der Waals surface area contributed by atoms with Crippen LogP contribution in [-0.2, 0) is 14.3 Å². The Balaban J connectivity index is 3.38. The molecular weight excluding hydrogens is 492 g/mol. The van der Waals surface area contributed by atoms with E-state index in [4.69, 9.17) is 14.9 Å². The minimum atomic E-state index is -0.441. The molecule has 0 bridgehead atoms. The lowest BCUT2D eigenvalue weighted by molar-refractivity contribution is -0.146. The molecule has 39 heavy (non-hydrogen) atoms. The van der Waals surface area contributed by atoms with E-state index in [1.807, 2.05) is 0 Å². The van der Waals surface area contributed by atoms with Gasteiger partial charge in [0.15, 0.2) is 0 Å². The lowest BCUT2D eigenvalue weighted by Gasteiger charge is -2.20. The summed E-state index contributed by atoms with van der Waals surface area (Å²) in [6, 6.07) is 0. The first-order valence-electron chi connectivity index (χ1n) is 16.5. The number of amides is 1. The quantitative estimate of drug-likeness (QED) is 0.0663. The Morgan fingerprint density at radius 3 is 1.46 bits per heavy atom. The zero-order valence-electron chi connectivity index (χ0n) is 25.6. The van der Waals surface area contributed by atoms with Gasteiger partial charge < -0.3 is 20.3 Å². The summed E-state index contributed by atoms with van der Waals surface area (Å²) in [5.41, 5.74) is 0. The van der Waals surface area contributed by atoms with Crippen LogP contribution in [-0.4, -0.2) is 73.0 Å². The first kappa shape index (κ1) is 37.8. The van der Waals surface area contributed by atoms with Crippen molar-refractivity contribution < 1.29 is 24.5 Å². The predicted octanol–water partition coefficient (Wildman–Crippen LogP) is 6.53. The van der Waals surface area contributed by atoms with E-state index in [0.29, 0.717) is 26.1 Å². The zero-order chi connectivity index (χ0) is 28.7. The number of carbonyl (C=O) groups excluding carboxylic acids is 2. The first-order valence-corrected chi connectivity index (χ1v) is 16.5. The van der Waals surface area contributed by atoms with E-state index in [9.17, 15) is 9.59 Å². The lowest BCUT2D eigenvalue weighted by Crippen LogP contribution is -2.39. The molecule has 3 N–H and O–H groups in total. The van der Waals surface area contributed by atoms with E-state index in [-0.39, 0.29) is 32.3 Å². The van der Waals surface area contributed by atoms with Crippen LogP contribution in [0.5, 0.6) is 0 Å². The normalized spacial score (nSPS) is 11.3. The Bertz CT molecular complexity index is 533. The molecule has 0 aromatic carbocycles. The van der Waals surface area contributed by atoms with Crippen LogP contribution >= 0.6 is 0 Å². The fourth-order valence-corrected chi connectivity index (χ4v) is 4.96. The maximum absolute atomic E-state index is 12.0. The molecule has 0 spiro atoms. The molecule has 0 aromatic heterocycles. The Labute approximate surface area is 240 Å². The third-order valence-corrected chi connectivity index (χ3v) is 7.38. The molecule has 0 aliphatic heterocycles. The number of unbranched alkanes of at least 4 members (excludes halogenated alkanes) is 20. The number of nitrogens with zero attached hydrogens (tertiary/aromatic N) is 1. The smallest absolute Gasteiger partial charge is 0.320 e. The van der Waals surface area contributed by atoms with Crippen molar-refractivity contribution in [2.24, 2.45) is 0 Å². The van der Waals surface area contributed by atoms with Gasteiger partial charge in [0.25, 0.3) is 0 Å². The first-order chi connectivity index (χ1) is 19.1. The lowest BCUT2D eigenvalue weighted by atomic mass is 10.0. The number of hydrogen-bond donors (Lipinski definition) is 3. The molecule has 0 aliphatic rings. The SMILES string of the molecule is CCCCCCCCCCCCCCCCCCCCCCCC(=O)NCCN(CCO)CC(=O)OCCO. The molecule has 232 valence electrons. The average molecular weight is 557 g/mol. The number of aliphatic hydroxyl groups is 2. The second-order valence-electron chi connectivity index (χ2n) is 11.1. The van der Waals surface area contributed by atoms with Gasteiger partial charge in [-0.05, 0) is 6.42 Å². The van der Waals surface area contributed by atoms with Gasteiger partial charge in [-0.3, -0.25) is 14.5 Å². The van der Waals surface area contributed by atoms with Crippen LogP contribution in [0.2, 0.25) is 0 Å². The highest BCUT2D eigenvalue weighted by Crippen LogP contribution is 2.15. The van der Waals surface area contributed by atoms with Crippen LogP contribution < -0.4 is 5.32 Å². The van der Waals surface area contributed by atoms with E-state index in [2.05, 4.69) is 12.2 Å². The molecule has 0 aliphatic carbocycles. The molecule has 0 rings (SSSR count). The molecule has 0 fully saturated rings. The van der Waals surface area contributed by atoms with Crippen LogP contribution in [0.15, 0.2) is 0 Å². The van der Waals surface area contributed by atoms with Crippen molar-refractivity contribution in [2.75, 3.05) is 46.0 Å². The Morgan fingerprint density at radius 1 is 0.615 bits per heavy atom. The highest BCUT2D eigenvalue weighted by Gasteiger charge is 2.11. The van der Waals surface area contributed by atoms with Gasteiger partial charge in [0, 0.05) is 26.1 Å². The van der Waals surface area contributed by atoms with E-state index in [0.717, 1.165) is 12.8 Å². The van der Waals surface area contributed by atoms with Gasteiger partial charge >= 0.3 is 5.97 Å². The number of aliphatic hydroxyl groups excluding tert-OH is 2. The summed E-state index contributed by atoms with van der Waals surface area (Å²) in [5.74, 6) is -0.400. The summed E-state index contributed by atoms with van der Waals surface area (Å²) in [7, 11) is 0. The van der Waals surface area contributed by atoms with Gasteiger partial charge in [0.05, 0.1) is 19.8 Å². The number of nitrogens with one attached hydrogen (secondary N) is 1. The van der Waals surface area contributed by atoms with Crippen LogP contribution in [0.1, 0.15) is 148 Å². The molecule has 0 atom stereocenters. The van der Waals surface area contributed by atoms with E-state index in [1.54, 1.807) is 4.90 Å². The predicted molar refractivity (Wildman–Crippen MR) is 162 cm³/mol. The molecule has 1 amide bonds. The largest absolute Gasteiger partial charge is 0.462 e. The number of rotatable bonds is 31. The van der Waals surface area contributed by atoms with Gasteiger partial charge in [-0.2, -0.15) is 0 Å². The number of carbonyl (C=O) groups is 2. The fourth-order valence-electron chi connectivity index (χ4n) is 4.96. The number of esters is 1. The highest BCUT2D eigenvalue weighted by molar-refractivity contribution is 5.75. The van der Waals surface area contributed by atoms with Crippen molar-refractivity contribution in [3.63, 3.8) is 0 Å². The third kappa shape index (κ3) is 29.6. The average Bonchev–Trinajstić information content (AvgIpc) is 2.92. The van der Waals surface area contributed by atoms with E-state index >= 15 is 0 Å². The van der Waals surface area contributed by atoms with E-state index in [1.165, 1.54) is 122 Å². The maximum Gasteiger partial charge on any atom is 0.320 e. The molecule has 7 nitrogen and oxygen atoms in total. The van der Waals surface area contributed by atoms with Crippen LogP contribution in [0.25, 0.3) is 0 Å². The minimum absolute atomic E-state index is 0.0258. The number of ether oxygens (including phenoxy) is 1. The topological polar surface area (TPSA) is 99.1 Å². The standard InChI is InChI=1S/C32H64N2O5/c1-2-3-4-5-6-7-8-9-10-11-12-13-14-15-16-17-18-19-20-21-22-23-31(37)33-24-25-34(26-27-35)30-32(38)39-29-28-36/h35-36H,2-30H2,1H3,(H,33,37). The summed E-state index contributed by atoms with van der Waals surface area (Å²) in [6.45, 7) is 3.26. The van der Waals surface area contributed by atoms with Gasteiger partial charge in [0.2, 0.25) is 5.91 Å². The van der Waals surface area contributed by atoms with Gasteiger partial charge in [-0.1, -0.05) is 135 Å². The summed E-state index contributed by atoms with van der Waals surface area (Å²) in [6.07, 6.45) is 28.9. The Morgan fingerprint density at radius 2 is 1.05 bits per heavy atom. The summed E-state index contributed by atoms with van der Waals surface area (Å²) in [4.78, 5) is 25.4. The third-order valence-electron chi connectivity index (χ3n) is 7.38. The van der Waals surface area contributed by atoms with Crippen LogP contribution in [0.4, 0.5) is 0 Å². The van der Waals surface area contributed by atoms with Crippen molar-refractivity contribution in [1.82, 2.24) is 10.2 Å². The molecule has 7 heteroatoms. The van der Waals surface area contributed by atoms with Gasteiger partial charge in [0.1, 0.15) is 6.61 Å². The molecule has 0 heterocycles. The maximum atomic E-state index is 12.0.